The molecule has 2 aromatic heterocycles. The van der Waals surface area contributed by atoms with Crippen LogP contribution < -0.4 is 14.5 Å². The van der Waals surface area contributed by atoms with Gasteiger partial charge in [-0.15, -0.1) is 0 Å². The van der Waals surface area contributed by atoms with Crippen LogP contribution in [0.2, 0.25) is 0 Å². The second kappa shape index (κ2) is 15.7. The number of amides is 1. The number of ether oxygens (including phenoxy) is 3. The number of anilines is 2. The fourth-order valence-electron chi connectivity index (χ4n) is 9.15. The zero-order valence-electron chi connectivity index (χ0n) is 31.8. The summed E-state index contributed by atoms with van der Waals surface area (Å²) in [7, 11) is 0. The molecule has 0 radical (unpaired) electrons. The van der Waals surface area contributed by atoms with Gasteiger partial charge in [-0.2, -0.15) is 20.3 Å². The number of carbonyl (C=O) groups excluding carboxylic acids is 1. The molecule has 4 fully saturated rings. The number of hydrogen-bond donors (Lipinski definition) is 0. The van der Waals surface area contributed by atoms with Crippen molar-refractivity contribution in [3.05, 3.63) is 71.0 Å². The topological polar surface area (TPSA) is 125 Å². The van der Waals surface area contributed by atoms with Gasteiger partial charge in [0.2, 0.25) is 0 Å². The molecule has 1 unspecified atom stereocenters. The highest BCUT2D eigenvalue weighted by molar-refractivity contribution is 5.94. The Hall–Kier alpha value is -4.93. The summed E-state index contributed by atoms with van der Waals surface area (Å²) < 4.78 is 20.5. The Morgan fingerprint density at radius 2 is 1.85 bits per heavy atom. The minimum Gasteiger partial charge on any atom is -0.462 e. The van der Waals surface area contributed by atoms with Gasteiger partial charge in [0, 0.05) is 55.8 Å². The Bertz CT molecular complexity index is 2040. The molecule has 1 aliphatic carbocycles. The Kier molecular flexibility index (Phi) is 10.2. The first-order valence-electron chi connectivity index (χ1n) is 20.2. The number of fused-ring (bicyclic) bond motifs is 2. The summed E-state index contributed by atoms with van der Waals surface area (Å²) in [5.41, 5.74) is 6.45. The monoisotopic (exact) mass is 745 g/mol. The van der Waals surface area contributed by atoms with Crippen molar-refractivity contribution in [3.63, 3.8) is 0 Å². The fourth-order valence-corrected chi connectivity index (χ4v) is 9.15. The van der Waals surface area contributed by atoms with E-state index < -0.39 is 6.09 Å². The van der Waals surface area contributed by atoms with E-state index in [0.717, 1.165) is 85.3 Å². The zero-order chi connectivity index (χ0) is 37.3. The van der Waals surface area contributed by atoms with Gasteiger partial charge in [0.25, 0.3) is 0 Å². The average molecular weight is 746 g/mol. The first-order chi connectivity index (χ1) is 27.0. The number of aryl methyl sites for hydroxylation is 1. The van der Waals surface area contributed by atoms with Crippen molar-refractivity contribution in [2.45, 2.75) is 102 Å². The van der Waals surface area contributed by atoms with Gasteiger partial charge in [-0.05, 0) is 82.0 Å². The van der Waals surface area contributed by atoms with Crippen LogP contribution in [0.5, 0.6) is 6.01 Å². The van der Waals surface area contributed by atoms with Crippen molar-refractivity contribution in [2.75, 3.05) is 55.7 Å². The standard InChI is InChI=1S/C42H51N9O4/c1-29-12-15-37-35(24-44-51(37)38-11-5-6-23-53-38)39(29)47-20-17-34-36(26-47)45-41(54-28-33-10-7-19-49(33)31-13-14-31)46-40(34)48-21-22-50(32(25-48)16-18-43)42(52)55-27-30-8-3-2-4-9-30/h2-4,8-9,12,15,24,31-33,38H,5-7,10-11,13-14,16-17,19-23,25-28H2,1H3/t32-,33-,38?/m0/s1. The molecular weight excluding hydrogens is 695 g/mol. The molecule has 2 aromatic carbocycles. The van der Waals surface area contributed by atoms with Gasteiger partial charge < -0.3 is 28.9 Å². The van der Waals surface area contributed by atoms with Crippen LogP contribution in [0.15, 0.2) is 48.7 Å². The molecule has 13 nitrogen and oxygen atoms in total. The Labute approximate surface area is 322 Å². The lowest BCUT2D eigenvalue weighted by molar-refractivity contribution is -0.0366. The van der Waals surface area contributed by atoms with E-state index in [1.807, 2.05) is 36.5 Å². The largest absolute Gasteiger partial charge is 0.462 e. The number of carbonyl (C=O) groups is 1. The predicted molar refractivity (Wildman–Crippen MR) is 208 cm³/mol. The number of hydrogen-bond acceptors (Lipinski definition) is 11. The Morgan fingerprint density at radius 3 is 2.67 bits per heavy atom. The third-order valence-corrected chi connectivity index (χ3v) is 12.1. The van der Waals surface area contributed by atoms with Gasteiger partial charge in [-0.1, -0.05) is 36.4 Å². The number of aromatic nitrogens is 4. The van der Waals surface area contributed by atoms with E-state index in [4.69, 9.17) is 29.3 Å². The van der Waals surface area contributed by atoms with Crippen molar-refractivity contribution >= 4 is 28.5 Å². The molecule has 9 rings (SSSR count). The SMILES string of the molecule is Cc1ccc2c(cnn2C2CCCCO2)c1N1CCc2c(nc(OC[C@@H]3CCCN3C3CC3)nc2N2CCN(C(=O)OCc3ccccc3)[C@@H](CC#N)C2)C1. The molecule has 0 N–H and O–H groups in total. The van der Waals surface area contributed by atoms with Crippen LogP contribution in [0.4, 0.5) is 16.3 Å². The van der Waals surface area contributed by atoms with Gasteiger partial charge in [-0.3, -0.25) is 4.90 Å². The highest BCUT2D eigenvalue weighted by atomic mass is 16.6. The van der Waals surface area contributed by atoms with Gasteiger partial charge in [0.05, 0.1) is 48.2 Å². The molecule has 3 saturated heterocycles. The van der Waals surface area contributed by atoms with Gasteiger partial charge in [-0.25, -0.2) is 9.48 Å². The molecule has 6 heterocycles. The van der Waals surface area contributed by atoms with Crippen molar-refractivity contribution in [2.24, 2.45) is 0 Å². The lowest BCUT2D eigenvalue weighted by Gasteiger charge is -2.42. The fraction of sp³-hybridized carbons (Fsp3) is 0.548. The molecule has 3 atom stereocenters. The highest BCUT2D eigenvalue weighted by Gasteiger charge is 2.38. The van der Waals surface area contributed by atoms with Crippen LogP contribution in [0, 0.1) is 18.3 Å². The maximum absolute atomic E-state index is 13.4. The lowest BCUT2D eigenvalue weighted by atomic mass is 10.0. The van der Waals surface area contributed by atoms with Crippen LogP contribution in [-0.4, -0.2) is 99.7 Å². The third kappa shape index (κ3) is 7.42. The third-order valence-electron chi connectivity index (χ3n) is 12.1. The van der Waals surface area contributed by atoms with E-state index in [2.05, 4.69) is 44.5 Å². The van der Waals surface area contributed by atoms with Crippen LogP contribution in [0.25, 0.3) is 10.9 Å². The van der Waals surface area contributed by atoms with Crippen molar-refractivity contribution < 1.29 is 19.0 Å². The van der Waals surface area contributed by atoms with Crippen molar-refractivity contribution in [3.8, 4) is 12.1 Å². The Morgan fingerprint density at radius 1 is 0.964 bits per heavy atom. The predicted octanol–water partition coefficient (Wildman–Crippen LogP) is 6.14. The number of rotatable bonds is 10. The highest BCUT2D eigenvalue weighted by Crippen LogP contribution is 2.39. The molecule has 1 saturated carbocycles. The molecular formula is C42H51N9O4. The summed E-state index contributed by atoms with van der Waals surface area (Å²) in [5, 5.41) is 15.8. The molecule has 4 aliphatic heterocycles. The van der Waals surface area contributed by atoms with E-state index in [-0.39, 0.29) is 25.3 Å². The molecule has 1 amide bonds. The van der Waals surface area contributed by atoms with E-state index in [0.29, 0.717) is 50.9 Å². The smallest absolute Gasteiger partial charge is 0.410 e. The quantitative estimate of drug-likeness (QED) is 0.186. The van der Waals surface area contributed by atoms with Gasteiger partial charge in [0.1, 0.15) is 19.0 Å². The average Bonchev–Trinajstić information content (AvgIpc) is 3.80. The van der Waals surface area contributed by atoms with E-state index in [1.165, 1.54) is 30.5 Å². The number of nitrogens with zero attached hydrogens (tertiary/aromatic N) is 9. The van der Waals surface area contributed by atoms with Crippen molar-refractivity contribution in [1.29, 1.82) is 5.26 Å². The van der Waals surface area contributed by atoms with Crippen LogP contribution >= 0.6 is 0 Å². The molecule has 0 bridgehead atoms. The molecule has 4 aromatic rings. The first-order valence-corrected chi connectivity index (χ1v) is 20.2. The summed E-state index contributed by atoms with van der Waals surface area (Å²) in [5.74, 6) is 0.850. The Balaban J connectivity index is 0.994. The van der Waals surface area contributed by atoms with E-state index in [9.17, 15) is 10.1 Å². The van der Waals surface area contributed by atoms with E-state index >= 15 is 0 Å². The lowest BCUT2D eigenvalue weighted by Crippen LogP contribution is -2.55. The van der Waals surface area contributed by atoms with Crippen molar-refractivity contribution in [1.82, 2.24) is 29.5 Å². The number of benzene rings is 2. The minimum absolute atomic E-state index is 0.0364. The molecule has 5 aliphatic rings. The normalized spacial score (nSPS) is 23.1. The molecule has 55 heavy (non-hydrogen) atoms. The summed E-state index contributed by atoms with van der Waals surface area (Å²) in [6.45, 7) is 7.70. The van der Waals surface area contributed by atoms with Crippen LogP contribution in [-0.2, 0) is 29.0 Å². The maximum atomic E-state index is 13.4. The minimum atomic E-state index is -0.396. The summed E-state index contributed by atoms with van der Waals surface area (Å²) in [6.07, 6.45) is 10.6. The maximum Gasteiger partial charge on any atom is 0.410 e. The summed E-state index contributed by atoms with van der Waals surface area (Å²) >= 11 is 0. The zero-order valence-corrected chi connectivity index (χ0v) is 31.8. The van der Waals surface area contributed by atoms with Gasteiger partial charge >= 0.3 is 12.1 Å². The number of likely N-dealkylation sites (tertiary alicyclic amines) is 1. The molecule has 0 spiro atoms. The van der Waals surface area contributed by atoms with E-state index in [1.54, 1.807) is 4.90 Å². The molecule has 288 valence electrons. The van der Waals surface area contributed by atoms with Crippen LogP contribution in [0.3, 0.4) is 0 Å². The first kappa shape index (κ1) is 35.8. The molecule has 13 heteroatoms. The van der Waals surface area contributed by atoms with Gasteiger partial charge in [0.15, 0.2) is 6.23 Å². The van der Waals surface area contributed by atoms with Crippen LogP contribution in [0.1, 0.15) is 80.0 Å². The second-order valence-corrected chi connectivity index (χ2v) is 15.8. The number of nitriles is 1. The number of piperazine rings is 1. The summed E-state index contributed by atoms with van der Waals surface area (Å²) in [6, 6.07) is 17.5. The summed E-state index contributed by atoms with van der Waals surface area (Å²) in [4.78, 5) is 32.6. The second-order valence-electron chi connectivity index (χ2n) is 15.8.